The van der Waals surface area contributed by atoms with E-state index in [9.17, 15) is 14.7 Å². The molecule has 1 unspecified atom stereocenters. The molecule has 0 fully saturated rings. The van der Waals surface area contributed by atoms with Crippen LogP contribution in [0.4, 0.5) is 0 Å². The molecule has 1 aromatic carbocycles. The lowest BCUT2D eigenvalue weighted by molar-refractivity contribution is -0.142. The summed E-state index contributed by atoms with van der Waals surface area (Å²) in [5.74, 6) is -0.657. The lowest BCUT2D eigenvalue weighted by Crippen LogP contribution is -2.42. The van der Waals surface area contributed by atoms with Crippen molar-refractivity contribution in [1.29, 1.82) is 0 Å². The number of nitrogens with one attached hydrogen (secondary N) is 1. The van der Waals surface area contributed by atoms with Gasteiger partial charge in [-0.25, -0.2) is 4.98 Å². The van der Waals surface area contributed by atoms with Crippen LogP contribution in [0.2, 0.25) is 5.02 Å². The number of oxazole rings is 1. The van der Waals surface area contributed by atoms with Gasteiger partial charge in [-0.05, 0) is 31.2 Å². The maximum Gasteiger partial charge on any atom is 0.320 e. The number of aromatic nitrogens is 1. The minimum atomic E-state index is -0.941. The molecular formula is C17H20ClN3O4. The highest BCUT2D eigenvalue weighted by molar-refractivity contribution is 6.30. The Bertz CT molecular complexity index is 730. The highest BCUT2D eigenvalue weighted by Gasteiger charge is 2.22. The fourth-order valence-electron chi connectivity index (χ4n) is 2.25. The molecular weight excluding hydrogens is 346 g/mol. The van der Waals surface area contributed by atoms with E-state index in [-0.39, 0.29) is 5.91 Å². The highest BCUT2D eigenvalue weighted by atomic mass is 35.5. The minimum absolute atomic E-state index is 0.158. The summed E-state index contributed by atoms with van der Waals surface area (Å²) in [5, 5.41) is 12.5. The van der Waals surface area contributed by atoms with Gasteiger partial charge in [0, 0.05) is 37.1 Å². The fraction of sp³-hybridized carbons (Fsp3) is 0.353. The van der Waals surface area contributed by atoms with Gasteiger partial charge in [0.15, 0.2) is 0 Å². The van der Waals surface area contributed by atoms with Crippen LogP contribution in [-0.2, 0) is 16.1 Å². The van der Waals surface area contributed by atoms with E-state index in [1.807, 2.05) is 0 Å². The van der Waals surface area contributed by atoms with Crippen LogP contribution in [0.1, 0.15) is 19.5 Å². The summed E-state index contributed by atoms with van der Waals surface area (Å²) in [6.45, 7) is 4.05. The van der Waals surface area contributed by atoms with Gasteiger partial charge in [0.2, 0.25) is 11.8 Å². The Morgan fingerprint density at radius 2 is 2.04 bits per heavy atom. The molecule has 1 aromatic heterocycles. The predicted octanol–water partition coefficient (Wildman–Crippen LogP) is 2.41. The zero-order valence-electron chi connectivity index (χ0n) is 14.0. The molecule has 1 atom stereocenters. The molecule has 1 amide bonds. The molecule has 134 valence electrons. The van der Waals surface area contributed by atoms with E-state index in [1.165, 1.54) is 13.2 Å². The number of amides is 1. The third-order valence-corrected chi connectivity index (χ3v) is 3.94. The van der Waals surface area contributed by atoms with Crippen molar-refractivity contribution >= 4 is 23.5 Å². The molecule has 0 aliphatic carbocycles. The summed E-state index contributed by atoms with van der Waals surface area (Å²) in [6.07, 6.45) is 1.50. The standard InChI is InChI=1S/C17H20ClN3O4/c1-11(17(23)24)21(8-7-19-12(2)22)9-15-10-25-16(20-15)13-3-5-14(18)6-4-13/h3-6,10-11H,7-9H2,1-2H3,(H,19,22)(H,23,24). The maximum absolute atomic E-state index is 11.3. The van der Waals surface area contributed by atoms with E-state index < -0.39 is 12.0 Å². The Morgan fingerprint density at radius 1 is 1.36 bits per heavy atom. The summed E-state index contributed by atoms with van der Waals surface area (Å²) >= 11 is 5.87. The molecule has 0 spiro atoms. The molecule has 0 saturated carbocycles. The second kappa shape index (κ2) is 8.64. The second-order valence-electron chi connectivity index (χ2n) is 5.62. The number of hydrogen-bond donors (Lipinski definition) is 2. The van der Waals surface area contributed by atoms with E-state index in [0.717, 1.165) is 5.56 Å². The Balaban J connectivity index is 2.08. The summed E-state index contributed by atoms with van der Waals surface area (Å²) in [7, 11) is 0. The number of rotatable bonds is 8. The molecule has 0 aliphatic heterocycles. The fourth-order valence-corrected chi connectivity index (χ4v) is 2.38. The van der Waals surface area contributed by atoms with Gasteiger partial charge < -0.3 is 14.8 Å². The molecule has 7 nitrogen and oxygen atoms in total. The molecule has 2 rings (SSSR count). The third-order valence-electron chi connectivity index (χ3n) is 3.69. The van der Waals surface area contributed by atoms with Gasteiger partial charge in [-0.15, -0.1) is 0 Å². The summed E-state index contributed by atoms with van der Waals surface area (Å²) < 4.78 is 5.48. The van der Waals surface area contributed by atoms with Crippen LogP contribution in [0.3, 0.4) is 0 Å². The van der Waals surface area contributed by atoms with Crippen molar-refractivity contribution in [2.75, 3.05) is 13.1 Å². The normalized spacial score (nSPS) is 12.2. The monoisotopic (exact) mass is 365 g/mol. The van der Waals surface area contributed by atoms with Crippen molar-refractivity contribution in [3.8, 4) is 11.5 Å². The van der Waals surface area contributed by atoms with Gasteiger partial charge in [0.05, 0.1) is 5.69 Å². The second-order valence-corrected chi connectivity index (χ2v) is 6.05. The lowest BCUT2D eigenvalue weighted by atomic mass is 10.2. The number of halogens is 1. The van der Waals surface area contributed by atoms with Crippen LogP contribution < -0.4 is 5.32 Å². The Morgan fingerprint density at radius 3 is 2.64 bits per heavy atom. The number of benzene rings is 1. The van der Waals surface area contributed by atoms with Crippen molar-refractivity contribution < 1.29 is 19.1 Å². The molecule has 0 saturated heterocycles. The molecule has 1 heterocycles. The molecule has 0 radical (unpaired) electrons. The maximum atomic E-state index is 11.3. The Kier molecular flexibility index (Phi) is 6.55. The number of hydrogen-bond acceptors (Lipinski definition) is 5. The van der Waals surface area contributed by atoms with Crippen molar-refractivity contribution in [3.63, 3.8) is 0 Å². The van der Waals surface area contributed by atoms with Crippen molar-refractivity contribution in [2.45, 2.75) is 26.4 Å². The number of carboxylic acid groups (broad SMARTS) is 1. The number of aliphatic carboxylic acids is 1. The van der Waals surface area contributed by atoms with E-state index >= 15 is 0 Å². The molecule has 2 N–H and O–H groups in total. The SMILES string of the molecule is CC(=O)NCCN(Cc1coc(-c2ccc(Cl)cc2)n1)C(C)C(=O)O. The van der Waals surface area contributed by atoms with Crippen molar-refractivity contribution in [3.05, 3.63) is 41.2 Å². The van der Waals surface area contributed by atoms with Gasteiger partial charge in [-0.2, -0.15) is 0 Å². The van der Waals surface area contributed by atoms with E-state index in [2.05, 4.69) is 10.3 Å². The van der Waals surface area contributed by atoms with Crippen LogP contribution in [-0.4, -0.2) is 46.0 Å². The Labute approximate surface area is 150 Å². The minimum Gasteiger partial charge on any atom is -0.480 e. The van der Waals surface area contributed by atoms with Crippen LogP contribution in [0.15, 0.2) is 34.9 Å². The molecule has 0 aliphatic rings. The molecule has 25 heavy (non-hydrogen) atoms. The van der Waals surface area contributed by atoms with Crippen molar-refractivity contribution in [2.24, 2.45) is 0 Å². The number of nitrogens with zero attached hydrogens (tertiary/aromatic N) is 2. The van der Waals surface area contributed by atoms with E-state index in [0.29, 0.717) is 36.2 Å². The highest BCUT2D eigenvalue weighted by Crippen LogP contribution is 2.21. The Hall–Kier alpha value is -2.38. The molecule has 0 bridgehead atoms. The van der Waals surface area contributed by atoms with E-state index in [1.54, 1.807) is 36.1 Å². The predicted molar refractivity (Wildman–Crippen MR) is 93.1 cm³/mol. The largest absolute Gasteiger partial charge is 0.480 e. The number of carbonyl (C=O) groups excluding carboxylic acids is 1. The molecule has 8 heteroatoms. The van der Waals surface area contributed by atoms with Crippen LogP contribution in [0.25, 0.3) is 11.5 Å². The quantitative estimate of drug-likeness (QED) is 0.745. The topological polar surface area (TPSA) is 95.7 Å². The van der Waals surface area contributed by atoms with Gasteiger partial charge in [0.25, 0.3) is 0 Å². The van der Waals surface area contributed by atoms with Crippen LogP contribution in [0, 0.1) is 0 Å². The lowest BCUT2D eigenvalue weighted by Gasteiger charge is -2.25. The van der Waals surface area contributed by atoms with E-state index in [4.69, 9.17) is 16.0 Å². The van der Waals surface area contributed by atoms with Crippen LogP contribution >= 0.6 is 11.6 Å². The first kappa shape index (κ1) is 19.0. The zero-order valence-corrected chi connectivity index (χ0v) is 14.8. The number of carbonyl (C=O) groups is 2. The zero-order chi connectivity index (χ0) is 18.4. The third kappa shape index (κ3) is 5.58. The van der Waals surface area contributed by atoms with Gasteiger partial charge >= 0.3 is 5.97 Å². The van der Waals surface area contributed by atoms with Crippen LogP contribution in [0.5, 0.6) is 0 Å². The smallest absolute Gasteiger partial charge is 0.320 e. The molecule has 2 aromatic rings. The van der Waals surface area contributed by atoms with Gasteiger partial charge in [0.1, 0.15) is 12.3 Å². The van der Waals surface area contributed by atoms with Crippen molar-refractivity contribution in [1.82, 2.24) is 15.2 Å². The number of carboxylic acids is 1. The average molecular weight is 366 g/mol. The average Bonchev–Trinajstić information content (AvgIpc) is 3.02. The van der Waals surface area contributed by atoms with Gasteiger partial charge in [-0.3, -0.25) is 14.5 Å². The first-order valence-corrected chi connectivity index (χ1v) is 8.16. The van der Waals surface area contributed by atoms with Gasteiger partial charge in [-0.1, -0.05) is 11.6 Å². The summed E-state index contributed by atoms with van der Waals surface area (Å²) in [6, 6.07) is 6.36. The first-order chi connectivity index (χ1) is 11.9. The summed E-state index contributed by atoms with van der Waals surface area (Å²) in [4.78, 5) is 28.4. The summed E-state index contributed by atoms with van der Waals surface area (Å²) in [5.41, 5.74) is 1.40. The first-order valence-electron chi connectivity index (χ1n) is 7.78.